The van der Waals surface area contributed by atoms with E-state index >= 15 is 0 Å². The Labute approximate surface area is 131 Å². The molecule has 0 saturated heterocycles. The van der Waals surface area contributed by atoms with E-state index in [-0.39, 0.29) is 0 Å². The van der Waals surface area contributed by atoms with Gasteiger partial charge in [-0.3, -0.25) is 0 Å². The molecule has 1 heterocycles. The van der Waals surface area contributed by atoms with Crippen molar-refractivity contribution >= 4 is 51.5 Å². The SMILES string of the molecule is CCNc1ncnc(Nc2ccc(I)cc2Cl)c1C. The predicted octanol–water partition coefficient (Wildman–Crippen LogP) is 4.22. The predicted molar refractivity (Wildman–Crippen MR) is 88.4 cm³/mol. The zero-order valence-corrected chi connectivity index (χ0v) is 13.6. The molecule has 2 N–H and O–H groups in total. The summed E-state index contributed by atoms with van der Waals surface area (Å²) in [4.78, 5) is 8.47. The van der Waals surface area contributed by atoms with Gasteiger partial charge in [0.25, 0.3) is 0 Å². The van der Waals surface area contributed by atoms with Gasteiger partial charge in [-0.05, 0) is 54.6 Å². The monoisotopic (exact) mass is 388 g/mol. The van der Waals surface area contributed by atoms with E-state index < -0.39 is 0 Å². The van der Waals surface area contributed by atoms with Gasteiger partial charge in [-0.25, -0.2) is 9.97 Å². The van der Waals surface area contributed by atoms with Gasteiger partial charge in [0.2, 0.25) is 0 Å². The minimum absolute atomic E-state index is 0.676. The first-order valence-corrected chi connectivity index (χ1v) is 7.35. The van der Waals surface area contributed by atoms with Crippen molar-refractivity contribution in [3.8, 4) is 0 Å². The summed E-state index contributed by atoms with van der Waals surface area (Å²) in [6.07, 6.45) is 1.54. The van der Waals surface area contributed by atoms with Crippen molar-refractivity contribution < 1.29 is 0 Å². The van der Waals surface area contributed by atoms with Gasteiger partial charge >= 0.3 is 0 Å². The van der Waals surface area contributed by atoms with E-state index in [9.17, 15) is 0 Å². The number of nitrogens with one attached hydrogen (secondary N) is 2. The Morgan fingerprint density at radius 3 is 2.68 bits per heavy atom. The van der Waals surface area contributed by atoms with Gasteiger partial charge < -0.3 is 10.6 Å². The fraction of sp³-hybridized carbons (Fsp3) is 0.231. The Morgan fingerprint density at radius 2 is 2.00 bits per heavy atom. The first-order chi connectivity index (χ1) is 9.11. The van der Waals surface area contributed by atoms with Crippen molar-refractivity contribution in [2.24, 2.45) is 0 Å². The number of hydrogen-bond donors (Lipinski definition) is 2. The number of nitrogens with zero attached hydrogens (tertiary/aromatic N) is 2. The third-order valence-corrected chi connectivity index (χ3v) is 3.60. The third kappa shape index (κ3) is 3.48. The largest absolute Gasteiger partial charge is 0.370 e. The first-order valence-electron chi connectivity index (χ1n) is 5.89. The van der Waals surface area contributed by atoms with Crippen LogP contribution in [-0.4, -0.2) is 16.5 Å². The van der Waals surface area contributed by atoms with Crippen LogP contribution in [0.5, 0.6) is 0 Å². The molecule has 0 spiro atoms. The molecule has 0 aliphatic heterocycles. The third-order valence-electron chi connectivity index (χ3n) is 2.61. The second kappa shape index (κ2) is 6.38. The van der Waals surface area contributed by atoms with Crippen LogP contribution in [0.3, 0.4) is 0 Å². The molecule has 1 aromatic carbocycles. The molecule has 0 saturated carbocycles. The minimum atomic E-state index is 0.676. The van der Waals surface area contributed by atoms with Crippen LogP contribution < -0.4 is 10.6 Å². The highest BCUT2D eigenvalue weighted by atomic mass is 127. The molecule has 100 valence electrons. The van der Waals surface area contributed by atoms with Crippen molar-refractivity contribution in [1.29, 1.82) is 0 Å². The Balaban J connectivity index is 2.30. The maximum absolute atomic E-state index is 6.21. The van der Waals surface area contributed by atoms with Gasteiger partial charge in [-0.2, -0.15) is 0 Å². The van der Waals surface area contributed by atoms with Gasteiger partial charge in [0, 0.05) is 15.7 Å². The number of aromatic nitrogens is 2. The molecular formula is C13H14ClIN4. The fourth-order valence-corrected chi connectivity index (χ4v) is 2.54. The van der Waals surface area contributed by atoms with Gasteiger partial charge in [0.05, 0.1) is 10.7 Å². The van der Waals surface area contributed by atoms with E-state index in [1.165, 1.54) is 6.33 Å². The molecule has 19 heavy (non-hydrogen) atoms. The second-order valence-corrected chi connectivity index (χ2v) is 5.63. The molecule has 0 radical (unpaired) electrons. The van der Waals surface area contributed by atoms with Crippen LogP contribution in [0.15, 0.2) is 24.5 Å². The van der Waals surface area contributed by atoms with Crippen LogP contribution in [-0.2, 0) is 0 Å². The first kappa shape index (κ1) is 14.3. The smallest absolute Gasteiger partial charge is 0.138 e. The summed E-state index contributed by atoms with van der Waals surface area (Å²) in [5.74, 6) is 1.59. The Morgan fingerprint density at radius 1 is 1.26 bits per heavy atom. The summed E-state index contributed by atoms with van der Waals surface area (Å²) >= 11 is 8.43. The molecule has 0 unspecified atom stereocenters. The topological polar surface area (TPSA) is 49.8 Å². The molecule has 0 aliphatic rings. The van der Waals surface area contributed by atoms with Crippen molar-refractivity contribution in [3.63, 3.8) is 0 Å². The minimum Gasteiger partial charge on any atom is -0.370 e. The molecule has 0 bridgehead atoms. The molecule has 0 atom stereocenters. The van der Waals surface area contributed by atoms with Crippen molar-refractivity contribution in [3.05, 3.63) is 38.7 Å². The lowest BCUT2D eigenvalue weighted by Crippen LogP contribution is -2.05. The van der Waals surface area contributed by atoms with Crippen LogP contribution in [0.1, 0.15) is 12.5 Å². The van der Waals surface area contributed by atoms with E-state index in [1.807, 2.05) is 32.0 Å². The summed E-state index contributed by atoms with van der Waals surface area (Å²) < 4.78 is 1.10. The highest BCUT2D eigenvalue weighted by Crippen LogP contribution is 2.28. The zero-order valence-electron chi connectivity index (χ0n) is 10.7. The van der Waals surface area contributed by atoms with E-state index in [2.05, 4.69) is 43.2 Å². The normalized spacial score (nSPS) is 10.3. The van der Waals surface area contributed by atoms with E-state index in [0.29, 0.717) is 5.02 Å². The summed E-state index contributed by atoms with van der Waals surface area (Å²) in [5.41, 5.74) is 1.81. The average Bonchev–Trinajstić information content (AvgIpc) is 2.37. The van der Waals surface area contributed by atoms with Crippen LogP contribution in [0.2, 0.25) is 5.02 Å². The average molecular weight is 389 g/mol. The van der Waals surface area contributed by atoms with Gasteiger partial charge in [0.15, 0.2) is 0 Å². The van der Waals surface area contributed by atoms with E-state index in [1.54, 1.807) is 0 Å². The fourth-order valence-electron chi connectivity index (χ4n) is 1.64. The van der Waals surface area contributed by atoms with Crippen LogP contribution >= 0.6 is 34.2 Å². The number of rotatable bonds is 4. The van der Waals surface area contributed by atoms with Crippen LogP contribution in [0.25, 0.3) is 0 Å². The summed E-state index contributed by atoms with van der Waals surface area (Å²) in [7, 11) is 0. The molecule has 0 amide bonds. The Hall–Kier alpha value is -1.08. The lowest BCUT2D eigenvalue weighted by molar-refractivity contribution is 1.08. The van der Waals surface area contributed by atoms with E-state index in [0.717, 1.165) is 33.0 Å². The molecule has 0 aliphatic carbocycles. The second-order valence-electron chi connectivity index (χ2n) is 3.98. The molecular weight excluding hydrogens is 375 g/mol. The molecule has 2 aromatic rings. The lowest BCUT2D eigenvalue weighted by Gasteiger charge is -2.13. The molecule has 4 nitrogen and oxygen atoms in total. The highest BCUT2D eigenvalue weighted by Gasteiger charge is 2.08. The highest BCUT2D eigenvalue weighted by molar-refractivity contribution is 14.1. The number of hydrogen-bond acceptors (Lipinski definition) is 4. The van der Waals surface area contributed by atoms with Gasteiger partial charge in [0.1, 0.15) is 18.0 Å². The molecule has 2 rings (SSSR count). The van der Waals surface area contributed by atoms with E-state index in [4.69, 9.17) is 11.6 Å². The molecule has 6 heteroatoms. The number of halogens is 2. The number of benzene rings is 1. The summed E-state index contributed by atoms with van der Waals surface area (Å²) in [6, 6.07) is 5.85. The van der Waals surface area contributed by atoms with Gasteiger partial charge in [-0.15, -0.1) is 0 Å². The van der Waals surface area contributed by atoms with Crippen molar-refractivity contribution in [1.82, 2.24) is 9.97 Å². The van der Waals surface area contributed by atoms with Gasteiger partial charge in [-0.1, -0.05) is 11.6 Å². The van der Waals surface area contributed by atoms with Crippen LogP contribution in [0.4, 0.5) is 17.3 Å². The standard InChI is InChI=1S/C13H14ClIN4/c1-3-16-12-8(2)13(18-7-17-12)19-11-5-4-9(15)6-10(11)14/h4-7H,3H2,1-2H3,(H2,16,17,18,19). The summed E-state index contributed by atoms with van der Waals surface area (Å²) in [5, 5.41) is 7.12. The zero-order chi connectivity index (χ0) is 13.8. The van der Waals surface area contributed by atoms with Crippen molar-refractivity contribution in [2.45, 2.75) is 13.8 Å². The van der Waals surface area contributed by atoms with Crippen LogP contribution in [0, 0.1) is 10.5 Å². The Kier molecular flexibility index (Phi) is 4.81. The number of anilines is 3. The maximum atomic E-state index is 6.21. The lowest BCUT2D eigenvalue weighted by atomic mass is 10.2. The van der Waals surface area contributed by atoms with Crippen molar-refractivity contribution in [2.75, 3.05) is 17.2 Å². The molecule has 1 aromatic heterocycles. The quantitative estimate of drug-likeness (QED) is 0.770. The maximum Gasteiger partial charge on any atom is 0.138 e. The molecule has 0 fully saturated rings. The summed E-state index contributed by atoms with van der Waals surface area (Å²) in [6.45, 7) is 4.83. The Bertz CT molecular complexity index is 589.